The summed E-state index contributed by atoms with van der Waals surface area (Å²) in [5.41, 5.74) is 11.2. The van der Waals surface area contributed by atoms with Crippen LogP contribution in [0.25, 0.3) is 0 Å². The van der Waals surface area contributed by atoms with Crippen LogP contribution < -0.4 is 11.5 Å². The molecule has 0 spiro atoms. The van der Waals surface area contributed by atoms with Gasteiger partial charge in [0.05, 0.1) is 5.69 Å². The summed E-state index contributed by atoms with van der Waals surface area (Å²) in [5.74, 6) is 0.0897. The maximum absolute atomic E-state index is 8.36. The molecule has 0 fully saturated rings. The van der Waals surface area contributed by atoms with Gasteiger partial charge in [-0.15, -0.1) is 21.9 Å². The fraction of sp³-hybridized carbons (Fsp3) is 0.125. The van der Waals surface area contributed by atoms with Crippen LogP contribution in [0, 0.1) is 10.1 Å². The van der Waals surface area contributed by atoms with Crippen molar-refractivity contribution in [3.8, 4) is 0 Å². The number of hydrogen-bond acceptors (Lipinski definition) is 4. The standard InChI is InChI=1S/C8H11N3S.HNO3/c1-12-7-4-2-6(3-5-7)11-8(9)10;2-1(3)4/h2-5H,1H3,(H4,9,10,11);(H,2,3,4). The zero-order chi connectivity index (χ0) is 12.6. The molecule has 0 aliphatic heterocycles. The van der Waals surface area contributed by atoms with E-state index in [1.165, 1.54) is 4.90 Å². The summed E-state index contributed by atoms with van der Waals surface area (Å²) in [5, 5.41) is 13.6. The first-order valence-corrected chi connectivity index (χ1v) is 5.25. The first-order valence-electron chi connectivity index (χ1n) is 4.02. The molecule has 1 aromatic carbocycles. The van der Waals surface area contributed by atoms with Crippen molar-refractivity contribution in [2.24, 2.45) is 16.5 Å². The fourth-order valence-corrected chi connectivity index (χ4v) is 1.21. The number of nitrogens with two attached hydrogens (primary N) is 2. The molecule has 0 saturated carbocycles. The third kappa shape index (κ3) is 7.44. The number of hydrogen-bond donors (Lipinski definition) is 3. The topological polar surface area (TPSA) is 128 Å². The number of benzene rings is 1. The van der Waals surface area contributed by atoms with Gasteiger partial charge in [0.15, 0.2) is 5.96 Å². The summed E-state index contributed by atoms with van der Waals surface area (Å²) in [6.45, 7) is 0. The highest BCUT2D eigenvalue weighted by atomic mass is 32.2. The van der Waals surface area contributed by atoms with E-state index in [0.717, 1.165) is 5.69 Å². The van der Waals surface area contributed by atoms with Crippen LogP contribution >= 0.6 is 11.8 Å². The van der Waals surface area contributed by atoms with Gasteiger partial charge in [0.2, 0.25) is 0 Å². The molecule has 0 amide bonds. The molecule has 16 heavy (non-hydrogen) atoms. The van der Waals surface area contributed by atoms with Gasteiger partial charge in [0, 0.05) is 4.90 Å². The van der Waals surface area contributed by atoms with Crippen LogP contribution in [0.3, 0.4) is 0 Å². The SMILES string of the molecule is CSc1ccc(N=C(N)N)cc1.O=[N+]([O-])O. The molecule has 8 heteroatoms. The molecular formula is C8H12N4O3S. The highest BCUT2D eigenvalue weighted by molar-refractivity contribution is 7.98. The van der Waals surface area contributed by atoms with Gasteiger partial charge >= 0.3 is 0 Å². The molecule has 0 heterocycles. The highest BCUT2D eigenvalue weighted by Crippen LogP contribution is 2.18. The quantitative estimate of drug-likeness (QED) is 0.234. The minimum atomic E-state index is -1.50. The smallest absolute Gasteiger partial charge is 0.291 e. The lowest BCUT2D eigenvalue weighted by Gasteiger charge is -1.96. The van der Waals surface area contributed by atoms with Gasteiger partial charge in [-0.05, 0) is 30.5 Å². The molecular weight excluding hydrogens is 232 g/mol. The molecule has 0 saturated heterocycles. The van der Waals surface area contributed by atoms with Crippen molar-refractivity contribution in [3.05, 3.63) is 34.4 Å². The van der Waals surface area contributed by atoms with Crippen LogP contribution in [-0.4, -0.2) is 22.5 Å². The number of rotatable bonds is 2. The number of nitrogens with zero attached hydrogens (tertiary/aromatic N) is 2. The maximum atomic E-state index is 8.36. The van der Waals surface area contributed by atoms with E-state index in [2.05, 4.69) is 4.99 Å². The van der Waals surface area contributed by atoms with E-state index in [1.807, 2.05) is 30.5 Å². The van der Waals surface area contributed by atoms with Crippen molar-refractivity contribution in [2.45, 2.75) is 4.90 Å². The van der Waals surface area contributed by atoms with E-state index in [1.54, 1.807) is 11.8 Å². The number of aliphatic imine (C=N–C) groups is 1. The third-order valence-corrected chi connectivity index (χ3v) is 2.07. The summed E-state index contributed by atoms with van der Waals surface area (Å²) < 4.78 is 0. The Morgan fingerprint density at radius 3 is 2.19 bits per heavy atom. The van der Waals surface area contributed by atoms with Crippen molar-refractivity contribution in [2.75, 3.05) is 6.26 Å². The molecule has 0 aliphatic carbocycles. The normalized spacial score (nSPS) is 8.56. The summed E-state index contributed by atoms with van der Waals surface area (Å²) in [7, 11) is 0. The Bertz CT molecular complexity index is 358. The molecule has 0 atom stereocenters. The van der Waals surface area contributed by atoms with Crippen LogP contribution in [0.5, 0.6) is 0 Å². The second kappa shape index (κ2) is 7.35. The molecule has 0 bridgehead atoms. The lowest BCUT2D eigenvalue weighted by Crippen LogP contribution is -2.21. The Labute approximate surface area is 96.3 Å². The van der Waals surface area contributed by atoms with Gasteiger partial charge in [-0.1, -0.05) is 0 Å². The Hall–Kier alpha value is -1.96. The third-order valence-electron chi connectivity index (χ3n) is 1.33. The summed E-state index contributed by atoms with van der Waals surface area (Å²) in [6.07, 6.45) is 2.02. The molecule has 0 aromatic heterocycles. The first kappa shape index (κ1) is 14.0. The Morgan fingerprint density at radius 2 is 1.88 bits per heavy atom. The van der Waals surface area contributed by atoms with E-state index in [4.69, 9.17) is 26.8 Å². The van der Waals surface area contributed by atoms with Gasteiger partial charge < -0.3 is 16.7 Å². The van der Waals surface area contributed by atoms with Crippen molar-refractivity contribution in [3.63, 3.8) is 0 Å². The summed E-state index contributed by atoms with van der Waals surface area (Å²) >= 11 is 1.69. The van der Waals surface area contributed by atoms with Gasteiger partial charge in [-0.3, -0.25) is 0 Å². The number of thioether (sulfide) groups is 1. The average Bonchev–Trinajstić information content (AvgIpc) is 2.17. The average molecular weight is 244 g/mol. The maximum Gasteiger partial charge on any atom is 0.291 e. The van der Waals surface area contributed by atoms with Gasteiger partial charge in [-0.25, -0.2) is 4.99 Å². The fourth-order valence-electron chi connectivity index (χ4n) is 0.806. The van der Waals surface area contributed by atoms with Crippen molar-refractivity contribution in [1.29, 1.82) is 0 Å². The van der Waals surface area contributed by atoms with E-state index >= 15 is 0 Å². The highest BCUT2D eigenvalue weighted by Gasteiger charge is 1.90. The van der Waals surface area contributed by atoms with Gasteiger partial charge in [0.1, 0.15) is 0 Å². The Kier molecular flexibility index (Phi) is 6.45. The minimum Gasteiger partial charge on any atom is -0.370 e. The molecule has 1 aromatic rings. The molecule has 5 N–H and O–H groups in total. The predicted molar refractivity (Wildman–Crippen MR) is 62.5 cm³/mol. The van der Waals surface area contributed by atoms with E-state index in [9.17, 15) is 0 Å². The molecule has 88 valence electrons. The predicted octanol–water partition coefficient (Wildman–Crippen LogP) is 0.966. The van der Waals surface area contributed by atoms with Crippen molar-refractivity contribution in [1.82, 2.24) is 0 Å². The van der Waals surface area contributed by atoms with Crippen LogP contribution in [-0.2, 0) is 0 Å². The molecule has 7 nitrogen and oxygen atoms in total. The molecule has 1 rings (SSSR count). The lowest BCUT2D eigenvalue weighted by molar-refractivity contribution is -0.742. The number of guanidine groups is 1. The van der Waals surface area contributed by atoms with Crippen LogP contribution in [0.4, 0.5) is 5.69 Å². The monoisotopic (exact) mass is 244 g/mol. The van der Waals surface area contributed by atoms with Gasteiger partial charge in [0.25, 0.3) is 5.09 Å². The lowest BCUT2D eigenvalue weighted by atomic mass is 10.3. The second-order valence-corrected chi connectivity index (χ2v) is 3.35. The molecule has 0 unspecified atom stereocenters. The Balaban J connectivity index is 0.000000487. The second-order valence-electron chi connectivity index (χ2n) is 2.47. The Morgan fingerprint density at radius 1 is 1.44 bits per heavy atom. The van der Waals surface area contributed by atoms with Crippen LogP contribution in [0.1, 0.15) is 0 Å². The van der Waals surface area contributed by atoms with E-state index < -0.39 is 5.09 Å². The van der Waals surface area contributed by atoms with Crippen LogP contribution in [0.2, 0.25) is 0 Å². The summed E-state index contributed by atoms with van der Waals surface area (Å²) in [6, 6.07) is 7.72. The zero-order valence-corrected chi connectivity index (χ0v) is 9.35. The summed E-state index contributed by atoms with van der Waals surface area (Å²) in [4.78, 5) is 13.5. The largest absolute Gasteiger partial charge is 0.370 e. The van der Waals surface area contributed by atoms with Crippen molar-refractivity contribution < 1.29 is 10.3 Å². The molecule has 0 radical (unpaired) electrons. The molecule has 0 aliphatic rings. The zero-order valence-electron chi connectivity index (χ0n) is 8.53. The van der Waals surface area contributed by atoms with Crippen molar-refractivity contribution >= 4 is 23.4 Å². The van der Waals surface area contributed by atoms with Gasteiger partial charge in [-0.2, -0.15) is 0 Å². The van der Waals surface area contributed by atoms with E-state index in [-0.39, 0.29) is 5.96 Å². The van der Waals surface area contributed by atoms with Crippen LogP contribution in [0.15, 0.2) is 34.2 Å². The minimum absolute atomic E-state index is 0.0897. The first-order chi connectivity index (χ1) is 7.45. The van der Waals surface area contributed by atoms with E-state index in [0.29, 0.717) is 0 Å².